The van der Waals surface area contributed by atoms with Gasteiger partial charge in [0.25, 0.3) is 0 Å². The number of carbonyl (C=O) groups is 1. The molecule has 5 nitrogen and oxygen atoms in total. The van der Waals surface area contributed by atoms with E-state index in [0.29, 0.717) is 18.2 Å². The molecule has 1 saturated carbocycles. The molecule has 4 rings (SSSR count). The standard InChI is InChI=1S/C20H18ClFN4OS/c21-16-10-15(8-9-17(16)22)23-18(27)12-28-20-25-24-19(14-6-7-14)26(20)11-13-4-2-1-3-5-13/h1-5,8-10,14H,6-7,11-12H2,(H,23,27). The molecule has 0 bridgehead atoms. The number of nitrogens with one attached hydrogen (secondary N) is 1. The van der Waals surface area contributed by atoms with Gasteiger partial charge in [-0.1, -0.05) is 53.7 Å². The molecule has 1 aliphatic rings. The molecule has 1 aromatic heterocycles. The second-order valence-corrected chi connectivity index (χ2v) is 8.00. The van der Waals surface area contributed by atoms with Crippen molar-refractivity contribution in [2.45, 2.75) is 30.5 Å². The van der Waals surface area contributed by atoms with Crippen LogP contribution in [0.5, 0.6) is 0 Å². The first-order chi connectivity index (χ1) is 13.6. The number of halogens is 2. The Kier molecular flexibility index (Phi) is 5.64. The van der Waals surface area contributed by atoms with Gasteiger partial charge < -0.3 is 9.88 Å². The number of thioether (sulfide) groups is 1. The first kappa shape index (κ1) is 19.0. The van der Waals surface area contributed by atoms with Gasteiger partial charge in [-0.05, 0) is 36.6 Å². The van der Waals surface area contributed by atoms with Crippen LogP contribution < -0.4 is 5.32 Å². The lowest BCUT2D eigenvalue weighted by Crippen LogP contribution is -2.15. The average molecular weight is 417 g/mol. The minimum absolute atomic E-state index is 0.0258. The van der Waals surface area contributed by atoms with E-state index in [1.54, 1.807) is 0 Å². The largest absolute Gasteiger partial charge is 0.325 e. The maximum atomic E-state index is 13.2. The zero-order valence-corrected chi connectivity index (χ0v) is 16.5. The highest BCUT2D eigenvalue weighted by Gasteiger charge is 2.30. The highest BCUT2D eigenvalue weighted by Crippen LogP contribution is 2.40. The van der Waals surface area contributed by atoms with E-state index >= 15 is 0 Å². The normalized spacial score (nSPS) is 13.5. The van der Waals surface area contributed by atoms with Crippen molar-refractivity contribution in [3.63, 3.8) is 0 Å². The van der Waals surface area contributed by atoms with Crippen LogP contribution in [0.15, 0.2) is 53.7 Å². The summed E-state index contributed by atoms with van der Waals surface area (Å²) >= 11 is 7.09. The van der Waals surface area contributed by atoms with Crippen LogP contribution in [-0.2, 0) is 11.3 Å². The first-order valence-electron chi connectivity index (χ1n) is 8.95. The number of carbonyl (C=O) groups excluding carboxylic acids is 1. The molecule has 2 aromatic carbocycles. The summed E-state index contributed by atoms with van der Waals surface area (Å²) in [5.74, 6) is 0.885. The van der Waals surface area contributed by atoms with Gasteiger partial charge in [0, 0.05) is 11.6 Å². The van der Waals surface area contributed by atoms with Crippen molar-refractivity contribution in [2.75, 3.05) is 11.1 Å². The summed E-state index contributed by atoms with van der Waals surface area (Å²) in [7, 11) is 0. The van der Waals surface area contributed by atoms with E-state index < -0.39 is 5.82 Å². The zero-order valence-electron chi connectivity index (χ0n) is 14.9. The monoisotopic (exact) mass is 416 g/mol. The molecule has 0 radical (unpaired) electrons. The van der Waals surface area contributed by atoms with Crippen LogP contribution in [0.4, 0.5) is 10.1 Å². The van der Waals surface area contributed by atoms with Gasteiger partial charge in [0.15, 0.2) is 5.16 Å². The van der Waals surface area contributed by atoms with Crippen LogP contribution in [-0.4, -0.2) is 26.4 Å². The molecular formula is C20H18ClFN4OS. The van der Waals surface area contributed by atoms with Gasteiger partial charge in [0.05, 0.1) is 17.3 Å². The van der Waals surface area contributed by atoms with Crippen LogP contribution in [0.3, 0.4) is 0 Å². The molecule has 1 heterocycles. The van der Waals surface area contributed by atoms with Crippen molar-refractivity contribution in [3.8, 4) is 0 Å². The van der Waals surface area contributed by atoms with Gasteiger partial charge in [-0.3, -0.25) is 4.79 Å². The van der Waals surface area contributed by atoms with Gasteiger partial charge in [-0.2, -0.15) is 0 Å². The van der Waals surface area contributed by atoms with E-state index in [2.05, 4.69) is 32.2 Å². The number of amides is 1. The third kappa shape index (κ3) is 4.54. The van der Waals surface area contributed by atoms with Crippen LogP contribution in [0, 0.1) is 5.82 Å². The lowest BCUT2D eigenvalue weighted by molar-refractivity contribution is -0.113. The minimum Gasteiger partial charge on any atom is -0.325 e. The molecule has 1 aliphatic carbocycles. The van der Waals surface area contributed by atoms with E-state index in [4.69, 9.17) is 11.6 Å². The fraction of sp³-hybridized carbons (Fsp3) is 0.250. The number of hydrogen-bond acceptors (Lipinski definition) is 4. The summed E-state index contributed by atoms with van der Waals surface area (Å²) in [5.41, 5.74) is 1.62. The predicted molar refractivity (Wildman–Crippen MR) is 108 cm³/mol. The minimum atomic E-state index is -0.518. The fourth-order valence-corrected chi connectivity index (χ4v) is 3.79. The Balaban J connectivity index is 1.44. The van der Waals surface area contributed by atoms with Crippen molar-refractivity contribution in [1.29, 1.82) is 0 Å². The second kappa shape index (κ2) is 8.32. The van der Waals surface area contributed by atoms with E-state index in [9.17, 15) is 9.18 Å². The highest BCUT2D eigenvalue weighted by atomic mass is 35.5. The molecule has 28 heavy (non-hydrogen) atoms. The molecule has 1 N–H and O–H groups in total. The Hall–Kier alpha value is -2.38. The smallest absolute Gasteiger partial charge is 0.234 e. The highest BCUT2D eigenvalue weighted by molar-refractivity contribution is 7.99. The molecule has 1 fully saturated rings. The SMILES string of the molecule is O=C(CSc1nnc(C2CC2)n1Cc1ccccc1)Nc1ccc(F)c(Cl)c1. The summed E-state index contributed by atoms with van der Waals surface area (Å²) < 4.78 is 15.3. The summed E-state index contributed by atoms with van der Waals surface area (Å²) in [5, 5.41) is 12.1. The molecule has 0 atom stereocenters. The van der Waals surface area contributed by atoms with E-state index in [0.717, 1.165) is 29.4 Å². The Bertz CT molecular complexity index is 991. The predicted octanol–water partition coefficient (Wildman–Crippen LogP) is 4.73. The molecular weight excluding hydrogens is 399 g/mol. The molecule has 8 heteroatoms. The third-order valence-corrected chi connectivity index (χ3v) is 5.66. The van der Waals surface area contributed by atoms with Crippen LogP contribution in [0.2, 0.25) is 5.02 Å². The Labute approximate surface area is 171 Å². The maximum absolute atomic E-state index is 13.2. The van der Waals surface area contributed by atoms with Crippen LogP contribution in [0.1, 0.15) is 30.1 Å². The van der Waals surface area contributed by atoms with Gasteiger partial charge in [-0.25, -0.2) is 4.39 Å². The topological polar surface area (TPSA) is 59.8 Å². The van der Waals surface area contributed by atoms with Gasteiger partial charge >= 0.3 is 0 Å². The number of rotatable bonds is 7. The van der Waals surface area contributed by atoms with Crippen molar-refractivity contribution >= 4 is 35.0 Å². The van der Waals surface area contributed by atoms with Crippen molar-refractivity contribution in [2.24, 2.45) is 0 Å². The molecule has 144 valence electrons. The van der Waals surface area contributed by atoms with Crippen molar-refractivity contribution in [1.82, 2.24) is 14.8 Å². The van der Waals surface area contributed by atoms with Gasteiger partial charge in [-0.15, -0.1) is 10.2 Å². The zero-order chi connectivity index (χ0) is 19.5. The van der Waals surface area contributed by atoms with Gasteiger partial charge in [0.2, 0.25) is 5.91 Å². The van der Waals surface area contributed by atoms with E-state index in [-0.39, 0.29) is 16.7 Å². The quantitative estimate of drug-likeness (QED) is 0.566. The second-order valence-electron chi connectivity index (χ2n) is 6.65. The number of benzene rings is 2. The van der Waals surface area contributed by atoms with Gasteiger partial charge in [0.1, 0.15) is 11.6 Å². The Morgan fingerprint density at radius 2 is 2.00 bits per heavy atom. The van der Waals surface area contributed by atoms with Crippen molar-refractivity contribution in [3.05, 3.63) is 70.8 Å². The fourth-order valence-electron chi connectivity index (χ4n) is 2.87. The first-order valence-corrected chi connectivity index (χ1v) is 10.3. The lowest BCUT2D eigenvalue weighted by atomic mass is 10.2. The number of anilines is 1. The third-order valence-electron chi connectivity index (χ3n) is 4.41. The number of hydrogen-bond donors (Lipinski definition) is 1. The average Bonchev–Trinajstić information content (AvgIpc) is 3.46. The van der Waals surface area contributed by atoms with Crippen molar-refractivity contribution < 1.29 is 9.18 Å². The summed E-state index contributed by atoms with van der Waals surface area (Å²) in [4.78, 5) is 12.3. The Morgan fingerprint density at radius 1 is 1.21 bits per heavy atom. The molecule has 0 unspecified atom stereocenters. The maximum Gasteiger partial charge on any atom is 0.234 e. The summed E-state index contributed by atoms with van der Waals surface area (Å²) in [6, 6.07) is 14.2. The lowest BCUT2D eigenvalue weighted by Gasteiger charge is -2.10. The van der Waals surface area contributed by atoms with E-state index in [1.807, 2.05) is 18.2 Å². The molecule has 3 aromatic rings. The van der Waals surface area contributed by atoms with Crippen LogP contribution >= 0.6 is 23.4 Å². The Morgan fingerprint density at radius 3 is 2.71 bits per heavy atom. The molecule has 0 aliphatic heterocycles. The number of nitrogens with zero attached hydrogens (tertiary/aromatic N) is 3. The molecule has 0 saturated heterocycles. The summed E-state index contributed by atoms with van der Waals surface area (Å²) in [6.45, 7) is 0.678. The number of aromatic nitrogens is 3. The molecule has 1 amide bonds. The molecule has 0 spiro atoms. The van der Waals surface area contributed by atoms with Crippen LogP contribution in [0.25, 0.3) is 0 Å². The summed E-state index contributed by atoms with van der Waals surface area (Å²) in [6.07, 6.45) is 2.26. The van der Waals surface area contributed by atoms with E-state index in [1.165, 1.54) is 30.0 Å².